The fraction of sp³-hybridized carbons (Fsp3) is 0.188. The van der Waals surface area contributed by atoms with Crippen molar-refractivity contribution in [2.45, 2.75) is 18.9 Å². The van der Waals surface area contributed by atoms with Gasteiger partial charge in [0, 0.05) is 27.9 Å². The van der Waals surface area contributed by atoms with Crippen LogP contribution in [0.5, 0.6) is 0 Å². The summed E-state index contributed by atoms with van der Waals surface area (Å²) in [7, 11) is 0. The molecule has 1 saturated carbocycles. The lowest BCUT2D eigenvalue weighted by Crippen LogP contribution is -2.22. The van der Waals surface area contributed by atoms with Crippen molar-refractivity contribution in [2.24, 2.45) is 0 Å². The molecule has 0 saturated heterocycles. The summed E-state index contributed by atoms with van der Waals surface area (Å²) in [5.74, 6) is -0.0943. The molecule has 0 unspecified atom stereocenters. The molecule has 1 aliphatic rings. The number of amides is 1. The van der Waals surface area contributed by atoms with Gasteiger partial charge in [-0.25, -0.2) is 0 Å². The van der Waals surface area contributed by atoms with Crippen molar-refractivity contribution in [2.75, 3.05) is 0 Å². The molecule has 5 nitrogen and oxygen atoms in total. The fourth-order valence-corrected chi connectivity index (χ4v) is 3.01. The van der Waals surface area contributed by atoms with Crippen LogP contribution in [0.25, 0.3) is 16.5 Å². The zero-order chi connectivity index (χ0) is 15.5. The molecule has 1 amide bonds. The summed E-state index contributed by atoms with van der Waals surface area (Å²) in [6.07, 6.45) is 5.36. The van der Waals surface area contributed by atoms with Crippen LogP contribution in [0, 0.1) is 10.1 Å². The van der Waals surface area contributed by atoms with E-state index < -0.39 is 0 Å². The van der Waals surface area contributed by atoms with E-state index in [9.17, 15) is 14.9 Å². The van der Waals surface area contributed by atoms with Crippen molar-refractivity contribution in [1.82, 2.24) is 5.32 Å². The Bertz CT molecular complexity index is 747. The molecule has 112 valence electrons. The van der Waals surface area contributed by atoms with E-state index in [0.717, 1.165) is 22.6 Å². The highest BCUT2D eigenvalue weighted by Crippen LogP contribution is 2.34. The number of nitro groups is 1. The van der Waals surface area contributed by atoms with Crippen LogP contribution in [0.4, 0.5) is 5.69 Å². The molecule has 6 heteroatoms. The lowest BCUT2D eigenvalue weighted by Gasteiger charge is -1.98. The van der Waals surface area contributed by atoms with Crippen LogP contribution in [-0.4, -0.2) is 16.9 Å². The second kappa shape index (κ2) is 6.11. The molecule has 1 aliphatic carbocycles. The van der Waals surface area contributed by atoms with Gasteiger partial charge in [-0.3, -0.25) is 14.9 Å². The number of benzene rings is 1. The van der Waals surface area contributed by atoms with Crippen molar-refractivity contribution in [3.05, 3.63) is 57.5 Å². The Morgan fingerprint density at radius 2 is 2.05 bits per heavy atom. The Morgan fingerprint density at radius 1 is 1.27 bits per heavy atom. The molecule has 0 spiro atoms. The first kappa shape index (κ1) is 14.5. The molecule has 22 heavy (non-hydrogen) atoms. The fourth-order valence-electron chi connectivity index (χ4n) is 2.06. The number of para-hydroxylation sites is 1. The number of carbonyl (C=O) groups is 1. The van der Waals surface area contributed by atoms with Gasteiger partial charge in [-0.05, 0) is 37.1 Å². The minimum Gasteiger partial charge on any atom is -0.350 e. The van der Waals surface area contributed by atoms with E-state index in [-0.39, 0.29) is 16.5 Å². The van der Waals surface area contributed by atoms with Gasteiger partial charge >= 0.3 is 0 Å². The normalized spacial score (nSPS) is 14.2. The van der Waals surface area contributed by atoms with Crippen LogP contribution in [-0.2, 0) is 4.79 Å². The van der Waals surface area contributed by atoms with E-state index >= 15 is 0 Å². The van der Waals surface area contributed by atoms with Crippen LogP contribution in [0.1, 0.15) is 17.7 Å². The molecule has 1 N–H and O–H groups in total. The van der Waals surface area contributed by atoms with Gasteiger partial charge in [0.25, 0.3) is 5.69 Å². The molecule has 2 aromatic rings. The Kier molecular flexibility index (Phi) is 4.02. The van der Waals surface area contributed by atoms with Gasteiger partial charge in [0.05, 0.1) is 10.5 Å². The van der Waals surface area contributed by atoms with Crippen molar-refractivity contribution in [3.8, 4) is 10.4 Å². The summed E-state index contributed by atoms with van der Waals surface area (Å²) in [6.45, 7) is 0. The maximum absolute atomic E-state index is 11.6. The molecule has 3 rings (SSSR count). The third kappa shape index (κ3) is 3.40. The average molecular weight is 314 g/mol. The van der Waals surface area contributed by atoms with E-state index in [0.29, 0.717) is 11.6 Å². The predicted molar refractivity (Wildman–Crippen MR) is 86.6 cm³/mol. The van der Waals surface area contributed by atoms with Crippen LogP contribution in [0.3, 0.4) is 0 Å². The van der Waals surface area contributed by atoms with E-state index in [1.165, 1.54) is 23.5 Å². The number of nitrogens with one attached hydrogen (secondary N) is 1. The smallest absolute Gasteiger partial charge is 0.278 e. The third-order valence-electron chi connectivity index (χ3n) is 3.32. The van der Waals surface area contributed by atoms with Crippen LogP contribution < -0.4 is 5.32 Å². The molecular weight excluding hydrogens is 300 g/mol. The largest absolute Gasteiger partial charge is 0.350 e. The van der Waals surface area contributed by atoms with Gasteiger partial charge in [-0.1, -0.05) is 12.1 Å². The molecule has 0 atom stereocenters. The summed E-state index contributed by atoms with van der Waals surface area (Å²) in [5.41, 5.74) is 0.686. The SMILES string of the molecule is O=C(/C=C/c1ccc(-c2ccccc2[N+](=O)[O-])s1)NC1CC1. The Morgan fingerprint density at radius 3 is 2.77 bits per heavy atom. The molecular formula is C16H14N2O3S. The quantitative estimate of drug-likeness (QED) is 0.520. The van der Waals surface area contributed by atoms with E-state index in [2.05, 4.69) is 5.32 Å². The number of carbonyl (C=O) groups excluding carboxylic acids is 1. The van der Waals surface area contributed by atoms with E-state index in [4.69, 9.17) is 0 Å². The van der Waals surface area contributed by atoms with Crippen LogP contribution in [0.2, 0.25) is 0 Å². The summed E-state index contributed by atoms with van der Waals surface area (Å²) in [4.78, 5) is 24.0. The molecule has 0 radical (unpaired) electrons. The zero-order valence-electron chi connectivity index (χ0n) is 11.7. The summed E-state index contributed by atoms with van der Waals surface area (Å²) < 4.78 is 0. The zero-order valence-corrected chi connectivity index (χ0v) is 12.5. The standard InChI is InChI=1S/C16H14N2O3S/c19-16(17-11-5-6-11)10-8-12-7-9-15(22-12)13-3-1-2-4-14(13)18(20)21/h1-4,7-11H,5-6H2,(H,17,19)/b10-8+. The number of hydrogen-bond donors (Lipinski definition) is 1. The Balaban J connectivity index is 1.77. The van der Waals surface area contributed by atoms with Crippen LogP contribution >= 0.6 is 11.3 Å². The summed E-state index contributed by atoms with van der Waals surface area (Å²) in [6, 6.07) is 10.7. The van der Waals surface area contributed by atoms with Crippen molar-refractivity contribution >= 4 is 29.0 Å². The highest BCUT2D eigenvalue weighted by molar-refractivity contribution is 7.16. The van der Waals surface area contributed by atoms with Crippen molar-refractivity contribution < 1.29 is 9.72 Å². The summed E-state index contributed by atoms with van der Waals surface area (Å²) >= 11 is 1.42. The lowest BCUT2D eigenvalue weighted by molar-refractivity contribution is -0.384. The minimum atomic E-state index is -0.381. The monoisotopic (exact) mass is 314 g/mol. The predicted octanol–water partition coefficient (Wildman–Crippen LogP) is 3.62. The van der Waals surface area contributed by atoms with E-state index in [1.54, 1.807) is 24.3 Å². The highest BCUT2D eigenvalue weighted by atomic mass is 32.1. The van der Waals surface area contributed by atoms with E-state index in [1.807, 2.05) is 12.1 Å². The van der Waals surface area contributed by atoms with Crippen molar-refractivity contribution in [3.63, 3.8) is 0 Å². The van der Waals surface area contributed by atoms with Gasteiger partial charge in [-0.2, -0.15) is 0 Å². The molecule has 0 aliphatic heterocycles. The Hall–Kier alpha value is -2.47. The first-order valence-electron chi connectivity index (χ1n) is 6.96. The second-order valence-electron chi connectivity index (χ2n) is 5.09. The second-order valence-corrected chi connectivity index (χ2v) is 6.21. The first-order chi connectivity index (χ1) is 10.6. The number of nitro benzene ring substituents is 1. The number of nitrogens with zero attached hydrogens (tertiary/aromatic N) is 1. The van der Waals surface area contributed by atoms with Gasteiger partial charge in [0.1, 0.15) is 0 Å². The lowest BCUT2D eigenvalue weighted by atomic mass is 10.1. The van der Waals surface area contributed by atoms with Gasteiger partial charge in [0.2, 0.25) is 5.91 Å². The molecule has 1 aromatic carbocycles. The van der Waals surface area contributed by atoms with Crippen molar-refractivity contribution in [1.29, 1.82) is 0 Å². The molecule has 1 fully saturated rings. The number of hydrogen-bond acceptors (Lipinski definition) is 4. The summed E-state index contributed by atoms with van der Waals surface area (Å²) in [5, 5.41) is 13.9. The van der Waals surface area contributed by atoms with Crippen LogP contribution in [0.15, 0.2) is 42.5 Å². The van der Waals surface area contributed by atoms with Gasteiger partial charge in [-0.15, -0.1) is 11.3 Å². The topological polar surface area (TPSA) is 72.2 Å². The maximum atomic E-state index is 11.6. The minimum absolute atomic E-state index is 0.0892. The average Bonchev–Trinajstić information content (AvgIpc) is 3.19. The number of thiophene rings is 1. The third-order valence-corrected chi connectivity index (χ3v) is 4.40. The number of rotatable bonds is 5. The Labute approximate surface area is 131 Å². The molecule has 1 aromatic heterocycles. The molecule has 0 bridgehead atoms. The first-order valence-corrected chi connectivity index (χ1v) is 7.77. The van der Waals surface area contributed by atoms with Gasteiger partial charge < -0.3 is 5.32 Å². The van der Waals surface area contributed by atoms with Gasteiger partial charge in [0.15, 0.2) is 0 Å². The highest BCUT2D eigenvalue weighted by Gasteiger charge is 2.22. The molecule has 1 heterocycles. The maximum Gasteiger partial charge on any atom is 0.278 e.